The molecule has 0 radical (unpaired) electrons. The van der Waals surface area contributed by atoms with Crippen LogP contribution in [0.4, 0.5) is 0 Å². The van der Waals surface area contributed by atoms with Crippen LogP contribution >= 0.6 is 0 Å². The molecule has 1 heteroatoms. The fourth-order valence-corrected chi connectivity index (χ4v) is 4.77. The van der Waals surface area contributed by atoms with Gasteiger partial charge in [-0.05, 0) is 30.7 Å². The van der Waals surface area contributed by atoms with Gasteiger partial charge in [0.15, 0.2) is 0 Å². The maximum Gasteiger partial charge on any atom is 0.0474 e. The summed E-state index contributed by atoms with van der Waals surface area (Å²) in [6.45, 7) is 9.87. The van der Waals surface area contributed by atoms with Crippen molar-refractivity contribution in [1.29, 1.82) is 0 Å². The van der Waals surface area contributed by atoms with Gasteiger partial charge >= 0.3 is 0 Å². The molecule has 2 atom stereocenters. The Kier molecular flexibility index (Phi) is 5.11. The van der Waals surface area contributed by atoms with Gasteiger partial charge in [-0.25, -0.2) is 0 Å². The molecule has 88 valence electrons. The molecule has 1 fully saturated rings. The van der Waals surface area contributed by atoms with E-state index in [-0.39, 0.29) is 0 Å². The SMILES string of the molecule is CC/C=C/C1CCCCC([Si](C)(C)C)C1. The molecule has 15 heavy (non-hydrogen) atoms. The summed E-state index contributed by atoms with van der Waals surface area (Å²) in [6, 6.07) is 0. The first kappa shape index (κ1) is 13.0. The molecule has 2 unspecified atom stereocenters. The molecule has 1 saturated carbocycles. The second kappa shape index (κ2) is 5.88. The highest BCUT2D eigenvalue weighted by atomic mass is 28.3. The number of hydrogen-bond donors (Lipinski definition) is 0. The molecule has 1 aliphatic carbocycles. The van der Waals surface area contributed by atoms with E-state index in [0.717, 1.165) is 11.5 Å². The van der Waals surface area contributed by atoms with Gasteiger partial charge in [-0.15, -0.1) is 0 Å². The quantitative estimate of drug-likeness (QED) is 0.349. The minimum atomic E-state index is -0.904. The summed E-state index contributed by atoms with van der Waals surface area (Å²) in [5.41, 5.74) is 1.06. The zero-order valence-electron chi connectivity index (χ0n) is 11.1. The maximum atomic E-state index is 2.55. The van der Waals surface area contributed by atoms with Crippen LogP contribution in [0.1, 0.15) is 45.4 Å². The van der Waals surface area contributed by atoms with E-state index >= 15 is 0 Å². The topological polar surface area (TPSA) is 0 Å². The van der Waals surface area contributed by atoms with E-state index in [2.05, 4.69) is 38.7 Å². The molecule has 0 amide bonds. The van der Waals surface area contributed by atoms with Crippen LogP contribution in [-0.2, 0) is 0 Å². The number of rotatable bonds is 3. The molecular formula is C14H28Si. The summed E-state index contributed by atoms with van der Waals surface area (Å²) in [5.74, 6) is 0.893. The second-order valence-electron chi connectivity index (χ2n) is 6.18. The molecule has 0 nitrogen and oxygen atoms in total. The third-order valence-electron chi connectivity index (χ3n) is 3.83. The standard InChI is InChI=1S/C14H28Si/c1-5-6-9-13-10-7-8-11-14(12-13)15(2,3)4/h6,9,13-14H,5,7-8,10-12H2,1-4H3/b9-6+. The molecule has 0 aromatic carbocycles. The average Bonchev–Trinajstić information content (AvgIpc) is 2.38. The van der Waals surface area contributed by atoms with Crippen molar-refractivity contribution < 1.29 is 0 Å². The van der Waals surface area contributed by atoms with Gasteiger partial charge in [0.2, 0.25) is 0 Å². The van der Waals surface area contributed by atoms with Gasteiger partial charge in [-0.2, -0.15) is 0 Å². The van der Waals surface area contributed by atoms with Crippen LogP contribution in [0, 0.1) is 5.92 Å². The molecule has 0 aromatic heterocycles. The maximum absolute atomic E-state index is 2.55. The second-order valence-corrected chi connectivity index (χ2v) is 11.7. The highest BCUT2D eigenvalue weighted by Gasteiger charge is 2.29. The lowest BCUT2D eigenvalue weighted by Gasteiger charge is -2.29. The highest BCUT2D eigenvalue weighted by Crippen LogP contribution is 2.38. The van der Waals surface area contributed by atoms with E-state index in [1.165, 1.54) is 38.5 Å². The predicted molar refractivity (Wildman–Crippen MR) is 73.1 cm³/mol. The summed E-state index contributed by atoms with van der Waals surface area (Å²) in [6.07, 6.45) is 13.4. The van der Waals surface area contributed by atoms with Crippen molar-refractivity contribution in [3.8, 4) is 0 Å². The fourth-order valence-electron chi connectivity index (χ4n) is 2.69. The first-order valence-corrected chi connectivity index (χ1v) is 10.3. The molecule has 0 bridgehead atoms. The van der Waals surface area contributed by atoms with Gasteiger partial charge in [-0.3, -0.25) is 0 Å². The Labute approximate surface area is 97.2 Å². The minimum absolute atomic E-state index is 0.893. The lowest BCUT2D eigenvalue weighted by Crippen LogP contribution is -2.28. The summed E-state index contributed by atoms with van der Waals surface area (Å²) < 4.78 is 0. The molecule has 0 aliphatic heterocycles. The van der Waals surface area contributed by atoms with Gasteiger partial charge in [-0.1, -0.05) is 58.0 Å². The lowest BCUT2D eigenvalue weighted by molar-refractivity contribution is 0.551. The van der Waals surface area contributed by atoms with Crippen molar-refractivity contribution in [2.45, 2.75) is 70.6 Å². The van der Waals surface area contributed by atoms with E-state index in [1.54, 1.807) is 0 Å². The number of hydrogen-bond acceptors (Lipinski definition) is 0. The van der Waals surface area contributed by atoms with E-state index < -0.39 is 8.07 Å². The Morgan fingerprint density at radius 2 is 1.80 bits per heavy atom. The smallest absolute Gasteiger partial charge is 0.0474 e. The van der Waals surface area contributed by atoms with E-state index in [0.29, 0.717) is 0 Å². The average molecular weight is 224 g/mol. The first-order valence-electron chi connectivity index (χ1n) is 6.70. The Balaban J connectivity index is 2.57. The highest BCUT2D eigenvalue weighted by molar-refractivity contribution is 6.77. The fraction of sp³-hybridized carbons (Fsp3) is 0.857. The molecule has 0 saturated heterocycles. The molecular weight excluding hydrogens is 196 g/mol. The van der Waals surface area contributed by atoms with Crippen LogP contribution in [0.2, 0.25) is 25.2 Å². The van der Waals surface area contributed by atoms with Crippen LogP contribution in [-0.4, -0.2) is 8.07 Å². The molecule has 1 aliphatic rings. The Bertz CT molecular complexity index is 200. The molecule has 1 rings (SSSR count). The van der Waals surface area contributed by atoms with E-state index in [4.69, 9.17) is 0 Å². The monoisotopic (exact) mass is 224 g/mol. The van der Waals surface area contributed by atoms with Crippen LogP contribution in [0.15, 0.2) is 12.2 Å². The predicted octanol–water partition coefficient (Wildman–Crippen LogP) is 5.24. The van der Waals surface area contributed by atoms with Crippen molar-refractivity contribution >= 4 is 8.07 Å². The molecule has 0 aromatic rings. The Hall–Kier alpha value is -0.0431. The van der Waals surface area contributed by atoms with Crippen LogP contribution < -0.4 is 0 Å². The summed E-state index contributed by atoms with van der Waals surface area (Å²) in [7, 11) is -0.904. The third-order valence-corrected chi connectivity index (χ3v) is 6.81. The summed E-state index contributed by atoms with van der Waals surface area (Å²) in [5, 5.41) is 0. The van der Waals surface area contributed by atoms with Crippen molar-refractivity contribution in [1.82, 2.24) is 0 Å². The van der Waals surface area contributed by atoms with Crippen LogP contribution in [0.3, 0.4) is 0 Å². The summed E-state index contributed by atoms with van der Waals surface area (Å²) >= 11 is 0. The Morgan fingerprint density at radius 3 is 2.40 bits per heavy atom. The van der Waals surface area contributed by atoms with Gasteiger partial charge in [0.25, 0.3) is 0 Å². The van der Waals surface area contributed by atoms with E-state index in [9.17, 15) is 0 Å². The number of allylic oxidation sites excluding steroid dienone is 2. The van der Waals surface area contributed by atoms with Crippen molar-refractivity contribution in [2.24, 2.45) is 5.92 Å². The third kappa shape index (κ3) is 4.54. The van der Waals surface area contributed by atoms with Crippen LogP contribution in [0.25, 0.3) is 0 Å². The van der Waals surface area contributed by atoms with Gasteiger partial charge in [0, 0.05) is 8.07 Å². The summed E-state index contributed by atoms with van der Waals surface area (Å²) in [4.78, 5) is 0. The van der Waals surface area contributed by atoms with Gasteiger partial charge in [0.05, 0.1) is 0 Å². The molecule has 0 N–H and O–H groups in total. The van der Waals surface area contributed by atoms with E-state index in [1.807, 2.05) is 0 Å². The largest absolute Gasteiger partial charge is 0.0885 e. The van der Waals surface area contributed by atoms with Crippen molar-refractivity contribution in [2.75, 3.05) is 0 Å². The minimum Gasteiger partial charge on any atom is -0.0885 e. The van der Waals surface area contributed by atoms with Crippen molar-refractivity contribution in [3.05, 3.63) is 12.2 Å². The van der Waals surface area contributed by atoms with Crippen LogP contribution in [0.5, 0.6) is 0 Å². The normalized spacial score (nSPS) is 29.3. The lowest BCUT2D eigenvalue weighted by atomic mass is 9.99. The zero-order valence-corrected chi connectivity index (χ0v) is 12.1. The Morgan fingerprint density at radius 1 is 1.13 bits per heavy atom. The van der Waals surface area contributed by atoms with Crippen molar-refractivity contribution in [3.63, 3.8) is 0 Å². The zero-order chi connectivity index (χ0) is 11.3. The van der Waals surface area contributed by atoms with Gasteiger partial charge in [0.1, 0.15) is 0 Å². The molecule has 0 heterocycles. The van der Waals surface area contributed by atoms with Gasteiger partial charge < -0.3 is 0 Å². The first-order chi connectivity index (χ1) is 7.04. The molecule has 0 spiro atoms.